The fraction of sp³-hybridized carbons (Fsp3) is 0.667. The highest BCUT2D eigenvalue weighted by Gasteiger charge is 2.16. The van der Waals surface area contributed by atoms with Crippen molar-refractivity contribution in [3.05, 3.63) is 6.33 Å². The first-order chi connectivity index (χ1) is 6.55. The molecule has 0 atom stereocenters. The van der Waals surface area contributed by atoms with Crippen LogP contribution in [0.25, 0.3) is 0 Å². The summed E-state index contributed by atoms with van der Waals surface area (Å²) >= 11 is 1.63. The Morgan fingerprint density at radius 2 is 2.36 bits per heavy atom. The second-order valence-electron chi connectivity index (χ2n) is 3.82. The number of aromatic nitrogens is 3. The fourth-order valence-corrected chi connectivity index (χ4v) is 2.01. The van der Waals surface area contributed by atoms with Gasteiger partial charge in [0.05, 0.1) is 11.5 Å². The van der Waals surface area contributed by atoms with E-state index in [9.17, 15) is 0 Å². The molecule has 76 valence electrons. The van der Waals surface area contributed by atoms with Gasteiger partial charge in [-0.15, -0.1) is 10.2 Å². The number of hydrogen-bond donors (Lipinski definition) is 0. The van der Waals surface area contributed by atoms with Gasteiger partial charge in [-0.2, -0.15) is 5.26 Å². The molecule has 0 aliphatic rings. The van der Waals surface area contributed by atoms with Gasteiger partial charge < -0.3 is 4.57 Å². The van der Waals surface area contributed by atoms with Crippen LogP contribution in [0.15, 0.2) is 11.5 Å². The molecule has 0 aliphatic carbocycles. The largest absolute Gasteiger partial charge is 0.312 e. The second kappa shape index (κ2) is 4.47. The number of thioether (sulfide) groups is 1. The lowest BCUT2D eigenvalue weighted by Crippen LogP contribution is -2.08. The molecule has 0 fully saturated rings. The molecule has 1 heterocycles. The third-order valence-corrected chi connectivity index (χ3v) is 2.97. The smallest absolute Gasteiger partial charge is 0.190 e. The van der Waals surface area contributed by atoms with Gasteiger partial charge >= 0.3 is 0 Å². The Balaban J connectivity index is 2.37. The zero-order valence-corrected chi connectivity index (χ0v) is 9.51. The topological polar surface area (TPSA) is 54.5 Å². The van der Waals surface area contributed by atoms with Crippen LogP contribution in [-0.2, 0) is 7.05 Å². The summed E-state index contributed by atoms with van der Waals surface area (Å²) in [7, 11) is 1.91. The number of nitriles is 1. The minimum atomic E-state index is -0.244. The molecular formula is C9H14N4S. The summed E-state index contributed by atoms with van der Waals surface area (Å²) in [5.41, 5.74) is -0.244. The van der Waals surface area contributed by atoms with Crippen molar-refractivity contribution in [3.63, 3.8) is 0 Å². The van der Waals surface area contributed by atoms with E-state index < -0.39 is 0 Å². The summed E-state index contributed by atoms with van der Waals surface area (Å²) < 4.78 is 1.88. The molecule has 0 aliphatic heterocycles. The van der Waals surface area contributed by atoms with E-state index in [1.807, 2.05) is 25.5 Å². The van der Waals surface area contributed by atoms with E-state index in [1.54, 1.807) is 18.1 Å². The van der Waals surface area contributed by atoms with Gasteiger partial charge in [0.1, 0.15) is 6.33 Å². The summed E-state index contributed by atoms with van der Waals surface area (Å²) in [6.07, 6.45) is 2.54. The standard InChI is InChI=1S/C9H14N4S/c1-9(2,6-10)4-5-14-8-12-11-7-13(8)3/h7H,4-5H2,1-3H3. The minimum Gasteiger partial charge on any atom is -0.312 e. The molecule has 0 saturated carbocycles. The molecule has 14 heavy (non-hydrogen) atoms. The average molecular weight is 210 g/mol. The van der Waals surface area contributed by atoms with E-state index in [1.165, 1.54) is 0 Å². The Labute approximate surface area is 88.3 Å². The maximum Gasteiger partial charge on any atom is 0.190 e. The Morgan fingerprint density at radius 3 is 2.86 bits per heavy atom. The lowest BCUT2D eigenvalue weighted by atomic mass is 9.93. The van der Waals surface area contributed by atoms with Gasteiger partial charge in [-0.1, -0.05) is 11.8 Å². The summed E-state index contributed by atoms with van der Waals surface area (Å²) in [6.45, 7) is 3.90. The summed E-state index contributed by atoms with van der Waals surface area (Å²) in [5.74, 6) is 0.896. The molecule has 0 bridgehead atoms. The zero-order valence-electron chi connectivity index (χ0n) is 8.69. The van der Waals surface area contributed by atoms with Crippen molar-refractivity contribution in [2.75, 3.05) is 5.75 Å². The third kappa shape index (κ3) is 3.04. The van der Waals surface area contributed by atoms with E-state index in [2.05, 4.69) is 16.3 Å². The van der Waals surface area contributed by atoms with E-state index in [-0.39, 0.29) is 5.41 Å². The quantitative estimate of drug-likeness (QED) is 0.712. The average Bonchev–Trinajstić information content (AvgIpc) is 2.52. The Hall–Kier alpha value is -1.02. The summed E-state index contributed by atoms with van der Waals surface area (Å²) in [4.78, 5) is 0. The maximum absolute atomic E-state index is 8.81. The van der Waals surface area contributed by atoms with Crippen molar-refractivity contribution < 1.29 is 0 Å². The predicted octanol–water partition coefficient (Wildman–Crippen LogP) is 1.85. The van der Waals surface area contributed by atoms with Gasteiger partial charge in [0.2, 0.25) is 0 Å². The van der Waals surface area contributed by atoms with Gasteiger partial charge in [-0.05, 0) is 20.3 Å². The first-order valence-corrected chi connectivity index (χ1v) is 5.42. The predicted molar refractivity (Wildman–Crippen MR) is 55.7 cm³/mol. The SMILES string of the molecule is Cn1cnnc1SCCC(C)(C)C#N. The van der Waals surface area contributed by atoms with Gasteiger partial charge in [0.25, 0.3) is 0 Å². The first kappa shape index (κ1) is 11.1. The molecule has 0 saturated heterocycles. The van der Waals surface area contributed by atoms with Gasteiger partial charge in [0, 0.05) is 12.8 Å². The van der Waals surface area contributed by atoms with E-state index in [0.29, 0.717) is 0 Å². The van der Waals surface area contributed by atoms with Crippen LogP contribution in [0.3, 0.4) is 0 Å². The molecule has 5 heteroatoms. The molecule has 0 aromatic carbocycles. The zero-order chi connectivity index (χ0) is 10.6. The van der Waals surface area contributed by atoms with Crippen molar-refractivity contribution in [2.45, 2.75) is 25.4 Å². The van der Waals surface area contributed by atoms with Crippen LogP contribution in [0.1, 0.15) is 20.3 Å². The fourth-order valence-electron chi connectivity index (χ4n) is 0.857. The maximum atomic E-state index is 8.81. The molecule has 1 aromatic heterocycles. The van der Waals surface area contributed by atoms with Crippen molar-refractivity contribution in [1.29, 1.82) is 5.26 Å². The lowest BCUT2D eigenvalue weighted by Gasteiger charge is -2.13. The van der Waals surface area contributed by atoms with Gasteiger partial charge in [0.15, 0.2) is 5.16 Å². The van der Waals surface area contributed by atoms with E-state index in [4.69, 9.17) is 5.26 Å². The normalized spacial score (nSPS) is 11.3. The highest BCUT2D eigenvalue weighted by atomic mass is 32.2. The lowest BCUT2D eigenvalue weighted by molar-refractivity contribution is 0.481. The van der Waals surface area contributed by atoms with Crippen LogP contribution in [0.4, 0.5) is 0 Å². The highest BCUT2D eigenvalue weighted by Crippen LogP contribution is 2.24. The Kier molecular flexibility index (Phi) is 3.53. The van der Waals surface area contributed by atoms with Crippen molar-refractivity contribution >= 4 is 11.8 Å². The minimum absolute atomic E-state index is 0.244. The van der Waals surface area contributed by atoms with Crippen LogP contribution in [-0.4, -0.2) is 20.5 Å². The van der Waals surface area contributed by atoms with Crippen molar-refractivity contribution in [3.8, 4) is 6.07 Å². The van der Waals surface area contributed by atoms with Crippen LogP contribution < -0.4 is 0 Å². The number of nitrogens with zero attached hydrogens (tertiary/aromatic N) is 4. The molecule has 0 radical (unpaired) electrons. The second-order valence-corrected chi connectivity index (χ2v) is 4.88. The van der Waals surface area contributed by atoms with Crippen LogP contribution >= 0.6 is 11.8 Å². The van der Waals surface area contributed by atoms with Crippen molar-refractivity contribution in [2.24, 2.45) is 12.5 Å². The molecule has 4 nitrogen and oxygen atoms in total. The molecular weight excluding hydrogens is 196 g/mol. The van der Waals surface area contributed by atoms with Gasteiger partial charge in [-0.25, -0.2) is 0 Å². The number of hydrogen-bond acceptors (Lipinski definition) is 4. The summed E-state index contributed by atoms with van der Waals surface area (Å²) in [5, 5.41) is 17.5. The molecule has 0 unspecified atom stereocenters. The van der Waals surface area contributed by atoms with Gasteiger partial charge in [-0.3, -0.25) is 0 Å². The van der Waals surface area contributed by atoms with E-state index in [0.717, 1.165) is 17.3 Å². The molecule has 0 amide bonds. The van der Waals surface area contributed by atoms with Crippen LogP contribution in [0.5, 0.6) is 0 Å². The first-order valence-electron chi connectivity index (χ1n) is 4.43. The van der Waals surface area contributed by atoms with Crippen LogP contribution in [0, 0.1) is 16.7 Å². The molecule has 0 spiro atoms. The van der Waals surface area contributed by atoms with Crippen LogP contribution in [0.2, 0.25) is 0 Å². The molecule has 1 rings (SSSR count). The Morgan fingerprint density at radius 1 is 1.64 bits per heavy atom. The monoisotopic (exact) mass is 210 g/mol. The van der Waals surface area contributed by atoms with E-state index >= 15 is 0 Å². The number of aryl methyl sites for hydroxylation is 1. The molecule has 0 N–H and O–H groups in total. The number of rotatable bonds is 4. The Bertz CT molecular complexity index is 337. The third-order valence-electron chi connectivity index (χ3n) is 1.93. The summed E-state index contributed by atoms with van der Waals surface area (Å²) in [6, 6.07) is 2.28. The molecule has 1 aromatic rings. The highest BCUT2D eigenvalue weighted by molar-refractivity contribution is 7.99. The van der Waals surface area contributed by atoms with Crippen molar-refractivity contribution in [1.82, 2.24) is 14.8 Å².